The van der Waals surface area contributed by atoms with Gasteiger partial charge < -0.3 is 0 Å². The van der Waals surface area contributed by atoms with E-state index in [4.69, 9.17) is 0 Å². The normalized spacial score (nSPS) is 12.7. The van der Waals surface area contributed by atoms with Gasteiger partial charge in [0.15, 0.2) is 6.67 Å². The SMILES string of the molecule is FCC(F)(F)CC(F)F. The minimum atomic E-state index is -3.85. The van der Waals surface area contributed by atoms with Crippen LogP contribution in [0, 0.1) is 0 Å². The average molecular weight is 148 g/mol. The molecule has 0 spiro atoms. The van der Waals surface area contributed by atoms with Crippen molar-refractivity contribution in [2.24, 2.45) is 0 Å². The standard InChI is InChI=1S/C4H5F5/c5-2-4(8,9)1-3(6)7/h3H,1-2H2. The van der Waals surface area contributed by atoms with Crippen molar-refractivity contribution in [3.8, 4) is 0 Å². The molecule has 56 valence electrons. The molecule has 0 aliphatic carbocycles. The summed E-state index contributed by atoms with van der Waals surface area (Å²) in [5, 5.41) is 0. The van der Waals surface area contributed by atoms with Crippen molar-refractivity contribution >= 4 is 0 Å². The summed E-state index contributed by atoms with van der Waals surface area (Å²) < 4.78 is 56.3. The Balaban J connectivity index is 3.58. The highest BCUT2D eigenvalue weighted by molar-refractivity contribution is 4.64. The van der Waals surface area contributed by atoms with Gasteiger partial charge in [0.25, 0.3) is 5.92 Å². The van der Waals surface area contributed by atoms with Gasteiger partial charge in [-0.25, -0.2) is 22.0 Å². The summed E-state index contributed by atoms with van der Waals surface area (Å²) in [6.45, 7) is -2.02. The zero-order chi connectivity index (χ0) is 7.49. The molecule has 0 aromatic heterocycles. The van der Waals surface area contributed by atoms with Crippen molar-refractivity contribution in [2.45, 2.75) is 18.8 Å². The van der Waals surface area contributed by atoms with Crippen LogP contribution in [0.4, 0.5) is 22.0 Å². The third kappa shape index (κ3) is 4.17. The highest BCUT2D eigenvalue weighted by atomic mass is 19.3. The zero-order valence-electron chi connectivity index (χ0n) is 4.38. The van der Waals surface area contributed by atoms with E-state index >= 15 is 0 Å². The second-order valence-corrected chi connectivity index (χ2v) is 1.58. The van der Waals surface area contributed by atoms with Crippen LogP contribution >= 0.6 is 0 Å². The van der Waals surface area contributed by atoms with Crippen molar-refractivity contribution in [1.82, 2.24) is 0 Å². The second kappa shape index (κ2) is 2.98. The fourth-order valence-corrected chi connectivity index (χ4v) is 0.280. The van der Waals surface area contributed by atoms with E-state index in [1.54, 1.807) is 0 Å². The van der Waals surface area contributed by atoms with Crippen LogP contribution < -0.4 is 0 Å². The van der Waals surface area contributed by atoms with Crippen LogP contribution in [0.5, 0.6) is 0 Å². The summed E-state index contributed by atoms with van der Waals surface area (Å²) in [5.74, 6) is -3.85. The van der Waals surface area contributed by atoms with E-state index in [1.807, 2.05) is 0 Å². The van der Waals surface area contributed by atoms with Gasteiger partial charge in [0.2, 0.25) is 6.43 Å². The molecule has 0 atom stereocenters. The minimum absolute atomic E-state index is 1.69. The predicted octanol–water partition coefficient (Wildman–Crippen LogP) is 2.25. The smallest absolute Gasteiger partial charge is 0.244 e. The van der Waals surface area contributed by atoms with E-state index in [0.29, 0.717) is 0 Å². The fraction of sp³-hybridized carbons (Fsp3) is 1.00. The third-order valence-corrected chi connectivity index (χ3v) is 0.648. The summed E-state index contributed by atoms with van der Waals surface area (Å²) in [6, 6.07) is 0. The molecule has 9 heavy (non-hydrogen) atoms. The second-order valence-electron chi connectivity index (χ2n) is 1.58. The molecule has 0 aromatic carbocycles. The van der Waals surface area contributed by atoms with Crippen molar-refractivity contribution < 1.29 is 22.0 Å². The Morgan fingerprint density at radius 1 is 1.22 bits per heavy atom. The number of hydrogen-bond donors (Lipinski definition) is 0. The van der Waals surface area contributed by atoms with Crippen LogP contribution in [0.25, 0.3) is 0 Å². The Hall–Kier alpha value is -0.350. The summed E-state index contributed by atoms with van der Waals surface area (Å²) in [7, 11) is 0. The first-order valence-corrected chi connectivity index (χ1v) is 2.20. The lowest BCUT2D eigenvalue weighted by Gasteiger charge is -2.09. The predicted molar refractivity (Wildman–Crippen MR) is 21.5 cm³/mol. The van der Waals surface area contributed by atoms with Gasteiger partial charge in [0.1, 0.15) is 0 Å². The molecule has 0 fully saturated rings. The van der Waals surface area contributed by atoms with E-state index in [2.05, 4.69) is 0 Å². The molecular weight excluding hydrogens is 143 g/mol. The third-order valence-electron chi connectivity index (χ3n) is 0.648. The lowest BCUT2D eigenvalue weighted by Crippen LogP contribution is -2.21. The fourth-order valence-electron chi connectivity index (χ4n) is 0.280. The van der Waals surface area contributed by atoms with Crippen LogP contribution in [0.2, 0.25) is 0 Å². The number of alkyl halides is 5. The molecule has 0 aliphatic heterocycles. The molecule has 0 aromatic rings. The van der Waals surface area contributed by atoms with E-state index < -0.39 is 25.4 Å². The largest absolute Gasteiger partial charge is 0.281 e. The molecule has 5 heteroatoms. The lowest BCUT2D eigenvalue weighted by molar-refractivity contribution is -0.0691. The first kappa shape index (κ1) is 8.65. The van der Waals surface area contributed by atoms with Gasteiger partial charge in [-0.2, -0.15) is 0 Å². The molecule has 0 N–H and O–H groups in total. The van der Waals surface area contributed by atoms with Crippen LogP contribution in [0.15, 0.2) is 0 Å². The Labute approximate surface area is 48.7 Å². The molecule has 0 unspecified atom stereocenters. The van der Waals surface area contributed by atoms with Crippen molar-refractivity contribution in [3.63, 3.8) is 0 Å². The van der Waals surface area contributed by atoms with Gasteiger partial charge in [-0.05, 0) is 0 Å². The van der Waals surface area contributed by atoms with E-state index in [0.717, 1.165) is 0 Å². The van der Waals surface area contributed by atoms with Crippen molar-refractivity contribution in [3.05, 3.63) is 0 Å². The molecule has 0 rings (SSSR count). The molecule has 0 saturated heterocycles. The lowest BCUT2D eigenvalue weighted by atomic mass is 10.3. The summed E-state index contributed by atoms with van der Waals surface area (Å²) in [6.07, 6.45) is -4.83. The van der Waals surface area contributed by atoms with E-state index in [-0.39, 0.29) is 0 Å². The van der Waals surface area contributed by atoms with Crippen LogP contribution in [0.1, 0.15) is 6.42 Å². The minimum Gasteiger partial charge on any atom is -0.244 e. The van der Waals surface area contributed by atoms with Gasteiger partial charge in [0.05, 0.1) is 6.42 Å². The summed E-state index contributed by atoms with van der Waals surface area (Å²) in [5.41, 5.74) is 0. The molecule has 0 heterocycles. The van der Waals surface area contributed by atoms with Gasteiger partial charge in [0, 0.05) is 0 Å². The number of halogens is 5. The van der Waals surface area contributed by atoms with E-state index in [1.165, 1.54) is 0 Å². The molecule has 0 bridgehead atoms. The van der Waals surface area contributed by atoms with E-state index in [9.17, 15) is 22.0 Å². The Bertz CT molecular complexity index is 79.0. The highest BCUT2D eigenvalue weighted by Crippen LogP contribution is 2.22. The number of hydrogen-bond acceptors (Lipinski definition) is 0. The zero-order valence-corrected chi connectivity index (χ0v) is 4.38. The summed E-state index contributed by atoms with van der Waals surface area (Å²) >= 11 is 0. The Morgan fingerprint density at radius 3 is 1.78 bits per heavy atom. The van der Waals surface area contributed by atoms with Gasteiger partial charge in [-0.1, -0.05) is 0 Å². The molecule has 0 saturated carbocycles. The highest BCUT2D eigenvalue weighted by Gasteiger charge is 2.32. The maximum atomic E-state index is 11.5. The van der Waals surface area contributed by atoms with Crippen molar-refractivity contribution in [1.29, 1.82) is 0 Å². The Kier molecular flexibility index (Phi) is 2.87. The first-order valence-electron chi connectivity index (χ1n) is 2.20. The Morgan fingerprint density at radius 2 is 1.67 bits per heavy atom. The first-order chi connectivity index (χ1) is 3.98. The monoisotopic (exact) mass is 148 g/mol. The molecular formula is C4H5F5. The van der Waals surface area contributed by atoms with Crippen LogP contribution in [-0.4, -0.2) is 19.0 Å². The average Bonchev–Trinajstić information content (AvgIpc) is 1.63. The van der Waals surface area contributed by atoms with Gasteiger partial charge in [-0.3, -0.25) is 0 Å². The summed E-state index contributed by atoms with van der Waals surface area (Å²) in [4.78, 5) is 0. The van der Waals surface area contributed by atoms with Crippen LogP contribution in [-0.2, 0) is 0 Å². The van der Waals surface area contributed by atoms with Gasteiger partial charge >= 0.3 is 0 Å². The quantitative estimate of drug-likeness (QED) is 0.538. The topological polar surface area (TPSA) is 0 Å². The molecule has 0 nitrogen and oxygen atoms in total. The molecule has 0 aliphatic rings. The molecule has 0 amide bonds. The van der Waals surface area contributed by atoms with Crippen LogP contribution in [0.3, 0.4) is 0 Å². The number of rotatable bonds is 3. The van der Waals surface area contributed by atoms with Gasteiger partial charge in [-0.15, -0.1) is 0 Å². The molecule has 0 radical (unpaired) electrons. The van der Waals surface area contributed by atoms with Crippen molar-refractivity contribution in [2.75, 3.05) is 6.67 Å². The maximum Gasteiger partial charge on any atom is 0.281 e. The maximum absolute atomic E-state index is 11.5.